The van der Waals surface area contributed by atoms with Gasteiger partial charge in [-0.2, -0.15) is 4.99 Å². The van der Waals surface area contributed by atoms with E-state index in [-0.39, 0.29) is 17.6 Å². The quantitative estimate of drug-likeness (QED) is 0.755. The van der Waals surface area contributed by atoms with Gasteiger partial charge in [0, 0.05) is 5.69 Å². The molecule has 0 unspecified atom stereocenters. The van der Waals surface area contributed by atoms with Gasteiger partial charge in [-0.1, -0.05) is 12.5 Å². The van der Waals surface area contributed by atoms with E-state index in [1.165, 1.54) is 12.7 Å². The van der Waals surface area contributed by atoms with Gasteiger partial charge in [0.15, 0.2) is 5.76 Å². The van der Waals surface area contributed by atoms with Gasteiger partial charge in [0.25, 0.3) is 5.91 Å². The third kappa shape index (κ3) is 3.21. The van der Waals surface area contributed by atoms with Crippen LogP contribution >= 0.6 is 0 Å². The van der Waals surface area contributed by atoms with Crippen molar-refractivity contribution >= 4 is 29.2 Å². The number of carbonyl (C=O) groups excluding carboxylic acids is 1. The predicted octanol–water partition coefficient (Wildman–Crippen LogP) is 2.95. The molecule has 2 aromatic rings. The smallest absolute Gasteiger partial charge is 0.291 e. The summed E-state index contributed by atoms with van der Waals surface area (Å²) in [5.41, 5.74) is 14.2. The van der Waals surface area contributed by atoms with Gasteiger partial charge >= 0.3 is 0 Å². The summed E-state index contributed by atoms with van der Waals surface area (Å²) in [6.45, 7) is 2.00. The third-order valence-electron chi connectivity index (χ3n) is 5.30. The van der Waals surface area contributed by atoms with Crippen molar-refractivity contribution in [3.05, 3.63) is 47.9 Å². The molecule has 1 fully saturated rings. The Labute approximate surface area is 163 Å². The number of aryl methyl sites for hydroxylation is 1. The first-order valence-electron chi connectivity index (χ1n) is 9.44. The molecule has 1 amide bonds. The van der Waals surface area contributed by atoms with Crippen LogP contribution in [0.1, 0.15) is 48.2 Å². The molecule has 1 aromatic carbocycles. The van der Waals surface area contributed by atoms with Crippen LogP contribution in [0.4, 0.5) is 11.4 Å². The van der Waals surface area contributed by atoms with Crippen LogP contribution in [0.25, 0.3) is 0 Å². The number of rotatable bonds is 3. The van der Waals surface area contributed by atoms with E-state index in [0.717, 1.165) is 36.9 Å². The Bertz CT molecular complexity index is 942. The molecule has 1 aromatic heterocycles. The van der Waals surface area contributed by atoms with Gasteiger partial charge in [-0.25, -0.2) is 4.99 Å². The molecule has 0 bridgehead atoms. The SMILES string of the molecule is Cc1ccc(NC(=O)c2ccco2)cc1N1C(N)=NC(N)=NC12CCCCC2. The van der Waals surface area contributed by atoms with E-state index in [1.807, 2.05) is 30.0 Å². The van der Waals surface area contributed by atoms with Crippen LogP contribution in [-0.4, -0.2) is 23.5 Å². The van der Waals surface area contributed by atoms with Crippen LogP contribution in [0.3, 0.4) is 0 Å². The van der Waals surface area contributed by atoms with Crippen molar-refractivity contribution in [2.24, 2.45) is 21.5 Å². The molecule has 4 rings (SSSR count). The third-order valence-corrected chi connectivity index (χ3v) is 5.30. The van der Waals surface area contributed by atoms with Crippen molar-refractivity contribution in [1.82, 2.24) is 0 Å². The van der Waals surface area contributed by atoms with Crippen LogP contribution in [0.2, 0.25) is 0 Å². The van der Waals surface area contributed by atoms with Gasteiger partial charge in [-0.3, -0.25) is 9.69 Å². The number of benzene rings is 1. The number of nitrogens with one attached hydrogen (secondary N) is 1. The fourth-order valence-corrected chi connectivity index (χ4v) is 4.00. The van der Waals surface area contributed by atoms with Gasteiger partial charge in [0.1, 0.15) is 5.66 Å². The van der Waals surface area contributed by atoms with Crippen LogP contribution in [0.15, 0.2) is 51.0 Å². The molecule has 2 heterocycles. The van der Waals surface area contributed by atoms with Crippen molar-refractivity contribution in [2.45, 2.75) is 44.7 Å². The number of carbonyl (C=O) groups is 1. The molecule has 1 spiro atoms. The normalized spacial score (nSPS) is 18.5. The number of anilines is 2. The molecule has 8 nitrogen and oxygen atoms in total. The largest absolute Gasteiger partial charge is 0.459 e. The summed E-state index contributed by atoms with van der Waals surface area (Å²) < 4.78 is 5.16. The van der Waals surface area contributed by atoms with Crippen molar-refractivity contribution in [1.29, 1.82) is 0 Å². The second kappa shape index (κ2) is 7.03. The number of guanidine groups is 2. The second-order valence-corrected chi connectivity index (χ2v) is 7.25. The molecule has 146 valence electrons. The van der Waals surface area contributed by atoms with E-state index in [9.17, 15) is 4.79 Å². The number of amides is 1. The average molecular weight is 380 g/mol. The lowest BCUT2D eigenvalue weighted by atomic mass is 9.87. The molecule has 0 radical (unpaired) electrons. The van der Waals surface area contributed by atoms with Gasteiger partial charge in [-0.05, 0) is 62.4 Å². The fourth-order valence-electron chi connectivity index (χ4n) is 4.00. The highest BCUT2D eigenvalue weighted by Gasteiger charge is 2.43. The molecule has 8 heteroatoms. The van der Waals surface area contributed by atoms with Gasteiger partial charge in [0.05, 0.1) is 12.0 Å². The Morgan fingerprint density at radius 3 is 2.71 bits per heavy atom. The topological polar surface area (TPSA) is 122 Å². The Morgan fingerprint density at radius 1 is 1.21 bits per heavy atom. The highest BCUT2D eigenvalue weighted by atomic mass is 16.3. The maximum Gasteiger partial charge on any atom is 0.291 e. The van der Waals surface area contributed by atoms with Crippen LogP contribution in [0, 0.1) is 6.92 Å². The highest BCUT2D eigenvalue weighted by molar-refractivity contribution is 6.07. The minimum Gasteiger partial charge on any atom is -0.459 e. The Balaban J connectivity index is 1.71. The maximum absolute atomic E-state index is 12.3. The van der Waals surface area contributed by atoms with Crippen molar-refractivity contribution in [3.63, 3.8) is 0 Å². The van der Waals surface area contributed by atoms with E-state index in [2.05, 4.69) is 10.3 Å². The first kappa shape index (κ1) is 18.1. The van der Waals surface area contributed by atoms with Gasteiger partial charge < -0.3 is 21.2 Å². The maximum atomic E-state index is 12.3. The molecule has 28 heavy (non-hydrogen) atoms. The van der Waals surface area contributed by atoms with E-state index in [4.69, 9.17) is 20.9 Å². The minimum atomic E-state index is -0.525. The number of nitrogens with zero attached hydrogens (tertiary/aromatic N) is 3. The van der Waals surface area contributed by atoms with Crippen LogP contribution in [0.5, 0.6) is 0 Å². The van der Waals surface area contributed by atoms with E-state index in [0.29, 0.717) is 11.6 Å². The summed E-state index contributed by atoms with van der Waals surface area (Å²) in [4.78, 5) is 23.2. The van der Waals surface area contributed by atoms with Gasteiger partial charge in [0.2, 0.25) is 11.9 Å². The van der Waals surface area contributed by atoms with Crippen molar-refractivity contribution in [2.75, 3.05) is 10.2 Å². The summed E-state index contributed by atoms with van der Waals surface area (Å²) in [5, 5.41) is 2.87. The number of nitrogens with two attached hydrogens (primary N) is 2. The zero-order valence-electron chi connectivity index (χ0n) is 15.8. The second-order valence-electron chi connectivity index (χ2n) is 7.25. The number of aliphatic imine (C=N–C) groups is 2. The summed E-state index contributed by atoms with van der Waals surface area (Å²) in [5.74, 6) is 0.486. The molecular formula is C20H24N6O2. The molecule has 2 aliphatic rings. The molecular weight excluding hydrogens is 356 g/mol. The number of hydrogen-bond donors (Lipinski definition) is 3. The molecule has 1 aliphatic carbocycles. The van der Waals surface area contributed by atoms with E-state index >= 15 is 0 Å². The summed E-state index contributed by atoms with van der Waals surface area (Å²) in [7, 11) is 0. The summed E-state index contributed by atoms with van der Waals surface area (Å²) in [6, 6.07) is 8.98. The summed E-state index contributed by atoms with van der Waals surface area (Å²) in [6.07, 6.45) is 6.44. The molecule has 5 N–H and O–H groups in total. The van der Waals surface area contributed by atoms with E-state index in [1.54, 1.807) is 12.1 Å². The lowest BCUT2D eigenvalue weighted by molar-refractivity contribution is 0.0996. The zero-order chi connectivity index (χ0) is 19.7. The van der Waals surface area contributed by atoms with E-state index < -0.39 is 5.66 Å². The van der Waals surface area contributed by atoms with Crippen LogP contribution in [-0.2, 0) is 0 Å². The first-order chi connectivity index (χ1) is 13.5. The lowest BCUT2D eigenvalue weighted by Gasteiger charge is -2.46. The average Bonchev–Trinajstić information content (AvgIpc) is 3.19. The molecule has 1 aliphatic heterocycles. The molecule has 0 saturated heterocycles. The standard InChI is InChI=1S/C20H24N6O2/c1-13-7-8-14(23-17(27)16-6-5-11-28-16)12-15(13)26-19(22)24-18(21)25-20(26)9-3-2-4-10-20/h5-8,11-12H,2-4,9-10H2,1H3,(H,23,27)(H4,21,22,24,25). The van der Waals surface area contributed by atoms with Crippen molar-refractivity contribution < 1.29 is 9.21 Å². The number of hydrogen-bond acceptors (Lipinski definition) is 7. The Morgan fingerprint density at radius 2 is 2.00 bits per heavy atom. The van der Waals surface area contributed by atoms with Crippen LogP contribution < -0.4 is 21.7 Å². The summed E-state index contributed by atoms with van der Waals surface area (Å²) >= 11 is 0. The molecule has 1 saturated carbocycles. The zero-order valence-corrected chi connectivity index (χ0v) is 15.8. The fraction of sp³-hybridized carbons (Fsp3) is 0.350. The number of furan rings is 1. The Kier molecular flexibility index (Phi) is 4.54. The lowest BCUT2D eigenvalue weighted by Crippen LogP contribution is -2.58. The highest BCUT2D eigenvalue weighted by Crippen LogP contribution is 2.41. The monoisotopic (exact) mass is 380 g/mol. The van der Waals surface area contributed by atoms with Crippen molar-refractivity contribution in [3.8, 4) is 0 Å². The first-order valence-corrected chi connectivity index (χ1v) is 9.44. The minimum absolute atomic E-state index is 0.218. The predicted molar refractivity (Wildman–Crippen MR) is 109 cm³/mol. The molecule has 0 atom stereocenters. The van der Waals surface area contributed by atoms with Gasteiger partial charge in [-0.15, -0.1) is 0 Å². The Hall–Kier alpha value is -3.29.